The van der Waals surface area contributed by atoms with E-state index in [0.717, 1.165) is 24.0 Å². The van der Waals surface area contributed by atoms with Crippen LogP contribution in [0.15, 0.2) is 10.5 Å². The fourth-order valence-corrected chi connectivity index (χ4v) is 3.96. The standard InChI is InChI=1S/C18H29NO/c1-11(2)13-7-14(8-13)19-16-9-18(4,5)10-17-15(16)6-12(3)20-17/h6,11,13-14,16,19H,7-10H2,1-5H3. The molecular formula is C18H29NO. The van der Waals surface area contributed by atoms with E-state index in [1.165, 1.54) is 30.6 Å². The van der Waals surface area contributed by atoms with Gasteiger partial charge in [-0.05, 0) is 49.5 Å². The Balaban J connectivity index is 1.70. The fourth-order valence-electron chi connectivity index (χ4n) is 3.96. The highest BCUT2D eigenvalue weighted by Crippen LogP contribution is 2.44. The van der Waals surface area contributed by atoms with E-state index in [-0.39, 0.29) is 0 Å². The minimum atomic E-state index is 0.343. The van der Waals surface area contributed by atoms with Crippen LogP contribution >= 0.6 is 0 Å². The first-order valence-electron chi connectivity index (χ1n) is 8.19. The molecule has 0 saturated heterocycles. The van der Waals surface area contributed by atoms with Gasteiger partial charge in [0.1, 0.15) is 11.5 Å². The summed E-state index contributed by atoms with van der Waals surface area (Å²) in [6.07, 6.45) is 5.00. The van der Waals surface area contributed by atoms with E-state index in [0.29, 0.717) is 17.5 Å². The van der Waals surface area contributed by atoms with Gasteiger partial charge >= 0.3 is 0 Å². The summed E-state index contributed by atoms with van der Waals surface area (Å²) in [5.74, 6) is 4.04. The summed E-state index contributed by atoms with van der Waals surface area (Å²) in [7, 11) is 0. The van der Waals surface area contributed by atoms with Crippen LogP contribution in [0.1, 0.15) is 70.1 Å². The Kier molecular flexibility index (Phi) is 3.48. The second-order valence-electron chi connectivity index (χ2n) is 8.17. The molecule has 0 bridgehead atoms. The van der Waals surface area contributed by atoms with Crippen molar-refractivity contribution in [2.75, 3.05) is 0 Å². The maximum absolute atomic E-state index is 5.92. The van der Waals surface area contributed by atoms with Crippen LogP contribution in [0.25, 0.3) is 0 Å². The summed E-state index contributed by atoms with van der Waals surface area (Å²) < 4.78 is 5.92. The Morgan fingerprint density at radius 2 is 2.00 bits per heavy atom. The van der Waals surface area contributed by atoms with E-state index in [9.17, 15) is 0 Å². The van der Waals surface area contributed by atoms with Crippen LogP contribution in [-0.4, -0.2) is 6.04 Å². The molecule has 1 atom stereocenters. The zero-order valence-corrected chi connectivity index (χ0v) is 13.6. The molecule has 0 aliphatic heterocycles. The van der Waals surface area contributed by atoms with E-state index in [2.05, 4.69) is 46.0 Å². The third-order valence-electron chi connectivity index (χ3n) is 5.29. The Morgan fingerprint density at radius 1 is 1.30 bits per heavy atom. The summed E-state index contributed by atoms with van der Waals surface area (Å²) in [4.78, 5) is 0. The highest BCUT2D eigenvalue weighted by Gasteiger charge is 2.38. The zero-order valence-electron chi connectivity index (χ0n) is 13.6. The normalized spacial score (nSPS) is 32.0. The number of fused-ring (bicyclic) bond motifs is 1. The van der Waals surface area contributed by atoms with E-state index in [1.54, 1.807) is 0 Å². The lowest BCUT2D eigenvalue weighted by Gasteiger charge is -2.43. The summed E-state index contributed by atoms with van der Waals surface area (Å²) in [5.41, 5.74) is 1.77. The van der Waals surface area contributed by atoms with E-state index >= 15 is 0 Å². The Labute approximate surface area is 123 Å². The van der Waals surface area contributed by atoms with Gasteiger partial charge < -0.3 is 9.73 Å². The molecule has 1 aromatic rings. The second-order valence-corrected chi connectivity index (χ2v) is 8.17. The van der Waals surface area contributed by atoms with Crippen molar-refractivity contribution in [2.45, 2.75) is 72.4 Å². The molecule has 3 rings (SSSR count). The van der Waals surface area contributed by atoms with Crippen LogP contribution in [0.4, 0.5) is 0 Å². The predicted molar refractivity (Wildman–Crippen MR) is 82.8 cm³/mol. The van der Waals surface area contributed by atoms with Gasteiger partial charge in [-0.25, -0.2) is 0 Å². The smallest absolute Gasteiger partial charge is 0.109 e. The van der Waals surface area contributed by atoms with Crippen LogP contribution in [0, 0.1) is 24.2 Å². The molecule has 1 heterocycles. The molecule has 2 nitrogen and oxygen atoms in total. The van der Waals surface area contributed by atoms with Gasteiger partial charge in [0.25, 0.3) is 0 Å². The lowest BCUT2D eigenvalue weighted by atomic mass is 9.71. The second kappa shape index (κ2) is 4.91. The molecule has 2 aliphatic rings. The molecule has 1 unspecified atom stereocenters. The molecule has 0 amide bonds. The molecule has 0 radical (unpaired) electrons. The maximum atomic E-state index is 5.92. The molecule has 2 aliphatic carbocycles. The van der Waals surface area contributed by atoms with Crippen molar-refractivity contribution in [3.8, 4) is 0 Å². The first-order valence-corrected chi connectivity index (χ1v) is 8.19. The van der Waals surface area contributed by atoms with Crippen molar-refractivity contribution in [1.29, 1.82) is 0 Å². The van der Waals surface area contributed by atoms with Crippen molar-refractivity contribution in [3.63, 3.8) is 0 Å². The van der Waals surface area contributed by atoms with Crippen molar-refractivity contribution in [2.24, 2.45) is 17.3 Å². The highest BCUT2D eigenvalue weighted by molar-refractivity contribution is 5.29. The van der Waals surface area contributed by atoms with Crippen LogP contribution in [0.5, 0.6) is 0 Å². The lowest BCUT2D eigenvalue weighted by Crippen LogP contribution is -2.46. The lowest BCUT2D eigenvalue weighted by molar-refractivity contribution is 0.137. The topological polar surface area (TPSA) is 25.2 Å². The molecule has 20 heavy (non-hydrogen) atoms. The Hall–Kier alpha value is -0.760. The summed E-state index contributed by atoms with van der Waals surface area (Å²) in [5, 5.41) is 3.91. The van der Waals surface area contributed by atoms with E-state index in [4.69, 9.17) is 4.42 Å². The summed E-state index contributed by atoms with van der Waals surface area (Å²) in [6.45, 7) is 11.5. The van der Waals surface area contributed by atoms with Crippen LogP contribution in [0.2, 0.25) is 0 Å². The van der Waals surface area contributed by atoms with Gasteiger partial charge in [0.05, 0.1) is 0 Å². The van der Waals surface area contributed by atoms with Crippen LogP contribution in [0.3, 0.4) is 0 Å². The molecule has 1 fully saturated rings. The number of hydrogen-bond acceptors (Lipinski definition) is 2. The van der Waals surface area contributed by atoms with Gasteiger partial charge in [-0.15, -0.1) is 0 Å². The first kappa shape index (κ1) is 14.2. The Bertz CT molecular complexity index is 480. The first-order chi connectivity index (χ1) is 9.34. The van der Waals surface area contributed by atoms with Gasteiger partial charge in [0.2, 0.25) is 0 Å². The minimum Gasteiger partial charge on any atom is -0.466 e. The summed E-state index contributed by atoms with van der Waals surface area (Å²) >= 11 is 0. The SMILES string of the molecule is Cc1cc2c(o1)CC(C)(C)CC2NC1CC(C(C)C)C1. The molecule has 0 aromatic carbocycles. The van der Waals surface area contributed by atoms with Gasteiger partial charge in [-0.1, -0.05) is 27.7 Å². The number of furan rings is 1. The average Bonchev–Trinajstić information content (AvgIpc) is 2.60. The monoisotopic (exact) mass is 275 g/mol. The maximum Gasteiger partial charge on any atom is 0.109 e. The van der Waals surface area contributed by atoms with Crippen molar-refractivity contribution >= 4 is 0 Å². The summed E-state index contributed by atoms with van der Waals surface area (Å²) in [6, 6.07) is 3.45. The highest BCUT2D eigenvalue weighted by atomic mass is 16.3. The number of nitrogens with one attached hydrogen (secondary N) is 1. The van der Waals surface area contributed by atoms with Gasteiger partial charge in [-0.2, -0.15) is 0 Å². The predicted octanol–water partition coefficient (Wildman–Crippen LogP) is 4.63. The molecule has 1 saturated carbocycles. The fraction of sp³-hybridized carbons (Fsp3) is 0.778. The van der Waals surface area contributed by atoms with Crippen LogP contribution in [-0.2, 0) is 6.42 Å². The van der Waals surface area contributed by atoms with Gasteiger partial charge in [0, 0.05) is 24.1 Å². The number of aryl methyl sites for hydroxylation is 1. The quantitative estimate of drug-likeness (QED) is 0.870. The van der Waals surface area contributed by atoms with Crippen molar-refractivity contribution < 1.29 is 4.42 Å². The molecule has 1 aromatic heterocycles. The van der Waals surface area contributed by atoms with E-state index in [1.807, 2.05) is 0 Å². The van der Waals surface area contributed by atoms with Crippen LogP contribution < -0.4 is 5.32 Å². The number of rotatable bonds is 3. The van der Waals surface area contributed by atoms with E-state index < -0.39 is 0 Å². The van der Waals surface area contributed by atoms with Crippen molar-refractivity contribution in [1.82, 2.24) is 5.32 Å². The Morgan fingerprint density at radius 3 is 2.65 bits per heavy atom. The third-order valence-corrected chi connectivity index (χ3v) is 5.29. The molecule has 0 spiro atoms. The van der Waals surface area contributed by atoms with Crippen molar-refractivity contribution in [3.05, 3.63) is 23.2 Å². The third kappa shape index (κ3) is 2.67. The number of hydrogen-bond donors (Lipinski definition) is 1. The molecule has 2 heteroatoms. The largest absolute Gasteiger partial charge is 0.466 e. The molecular weight excluding hydrogens is 246 g/mol. The van der Waals surface area contributed by atoms with Gasteiger partial charge in [0.15, 0.2) is 0 Å². The average molecular weight is 275 g/mol. The van der Waals surface area contributed by atoms with Gasteiger partial charge in [-0.3, -0.25) is 0 Å². The minimum absolute atomic E-state index is 0.343. The molecule has 1 N–H and O–H groups in total. The molecule has 112 valence electrons. The zero-order chi connectivity index (χ0) is 14.5.